The molecule has 70 valence electrons. The largest absolute Gasteiger partial charge is 0.296 e. The maximum Gasteiger partial charge on any atom is 0.166 e. The van der Waals surface area contributed by atoms with Gasteiger partial charge in [0.2, 0.25) is 0 Å². The molecular formula is C11H10N2O. The van der Waals surface area contributed by atoms with E-state index in [-0.39, 0.29) is 0 Å². The summed E-state index contributed by atoms with van der Waals surface area (Å²) in [5, 5.41) is 0. The van der Waals surface area contributed by atoms with Crippen LogP contribution in [0.5, 0.6) is 0 Å². The zero-order chi connectivity index (χ0) is 9.54. The van der Waals surface area contributed by atoms with Gasteiger partial charge in [-0.25, -0.2) is 4.98 Å². The highest BCUT2D eigenvalue weighted by Crippen LogP contribution is 2.40. The molecule has 0 bridgehead atoms. The third kappa shape index (κ3) is 1.05. The van der Waals surface area contributed by atoms with E-state index in [2.05, 4.69) is 11.1 Å². The molecule has 0 spiro atoms. The van der Waals surface area contributed by atoms with Gasteiger partial charge < -0.3 is 0 Å². The molecule has 1 saturated carbocycles. The van der Waals surface area contributed by atoms with E-state index in [0.29, 0.717) is 11.6 Å². The van der Waals surface area contributed by atoms with Gasteiger partial charge in [0.05, 0.1) is 23.7 Å². The predicted molar refractivity (Wildman–Crippen MR) is 52.6 cm³/mol. The first-order chi connectivity index (χ1) is 6.88. The highest BCUT2D eigenvalue weighted by molar-refractivity contribution is 5.75. The number of fused-ring (bicyclic) bond motifs is 1. The number of aromatic nitrogens is 2. The van der Waals surface area contributed by atoms with Gasteiger partial charge in [0, 0.05) is 0 Å². The first-order valence-electron chi connectivity index (χ1n) is 4.79. The zero-order valence-corrected chi connectivity index (χ0v) is 7.68. The number of hydrogen-bond donors (Lipinski definition) is 0. The summed E-state index contributed by atoms with van der Waals surface area (Å²) in [6, 6.07) is 4.09. The Labute approximate surface area is 81.4 Å². The minimum atomic E-state index is 0.675. The van der Waals surface area contributed by atoms with E-state index >= 15 is 0 Å². The van der Waals surface area contributed by atoms with Crippen molar-refractivity contribution in [1.29, 1.82) is 0 Å². The second-order valence-corrected chi connectivity index (χ2v) is 3.79. The van der Waals surface area contributed by atoms with Crippen LogP contribution in [-0.4, -0.2) is 15.7 Å². The maximum atomic E-state index is 10.9. The van der Waals surface area contributed by atoms with Crippen LogP contribution in [0, 0.1) is 0 Å². The van der Waals surface area contributed by atoms with Crippen LogP contribution in [0.15, 0.2) is 24.7 Å². The lowest BCUT2D eigenvalue weighted by molar-refractivity contribution is 0.111. The van der Waals surface area contributed by atoms with Gasteiger partial charge in [-0.2, -0.15) is 0 Å². The molecule has 1 fully saturated rings. The van der Waals surface area contributed by atoms with Gasteiger partial charge in [0.25, 0.3) is 0 Å². The Morgan fingerprint density at radius 2 is 2.29 bits per heavy atom. The number of carbonyl (C=O) groups is 1. The van der Waals surface area contributed by atoms with E-state index in [9.17, 15) is 4.79 Å². The molecule has 0 amide bonds. The first kappa shape index (κ1) is 7.74. The Hall–Kier alpha value is -1.64. The molecule has 0 N–H and O–H groups in total. The molecule has 2 aromatic heterocycles. The van der Waals surface area contributed by atoms with Crippen LogP contribution in [0.1, 0.15) is 34.8 Å². The van der Waals surface area contributed by atoms with Crippen molar-refractivity contribution in [1.82, 2.24) is 9.38 Å². The van der Waals surface area contributed by atoms with Crippen LogP contribution in [0.25, 0.3) is 5.52 Å². The summed E-state index contributed by atoms with van der Waals surface area (Å²) in [6.45, 7) is 0. The summed E-state index contributed by atoms with van der Waals surface area (Å²) in [4.78, 5) is 14.9. The van der Waals surface area contributed by atoms with Gasteiger partial charge in [0.1, 0.15) is 0 Å². The van der Waals surface area contributed by atoms with Crippen LogP contribution < -0.4 is 0 Å². The molecule has 1 aliphatic carbocycles. The molecule has 2 aromatic rings. The topological polar surface area (TPSA) is 34.4 Å². The molecule has 1 aliphatic rings. The molecule has 0 radical (unpaired) electrons. The van der Waals surface area contributed by atoms with E-state index in [4.69, 9.17) is 0 Å². The molecule has 14 heavy (non-hydrogen) atoms. The Balaban J connectivity index is 2.28. The minimum Gasteiger partial charge on any atom is -0.296 e. The summed E-state index contributed by atoms with van der Waals surface area (Å²) in [5.41, 5.74) is 2.98. The number of carbonyl (C=O) groups excluding carboxylic acids is 1. The molecule has 0 aliphatic heterocycles. The number of hydrogen-bond acceptors (Lipinski definition) is 2. The van der Waals surface area contributed by atoms with E-state index < -0.39 is 0 Å². The fourth-order valence-corrected chi connectivity index (χ4v) is 1.82. The normalized spacial score (nSPS) is 16.0. The number of aldehydes is 1. The smallest absolute Gasteiger partial charge is 0.166 e. The van der Waals surface area contributed by atoms with Crippen molar-refractivity contribution in [3.05, 3.63) is 35.9 Å². The molecule has 3 nitrogen and oxygen atoms in total. The lowest BCUT2D eigenvalue weighted by Crippen LogP contribution is -1.95. The average molecular weight is 186 g/mol. The first-order valence-corrected chi connectivity index (χ1v) is 4.79. The van der Waals surface area contributed by atoms with Gasteiger partial charge in [-0.15, -0.1) is 0 Å². The van der Waals surface area contributed by atoms with Crippen molar-refractivity contribution in [2.24, 2.45) is 0 Å². The van der Waals surface area contributed by atoms with Gasteiger partial charge >= 0.3 is 0 Å². The highest BCUT2D eigenvalue weighted by Gasteiger charge is 2.24. The van der Waals surface area contributed by atoms with E-state index in [1.165, 1.54) is 18.4 Å². The standard InChI is InChI=1S/C11H10N2O/c14-6-11-4-9(8-1-2-8)3-10-5-12-7-13(10)11/h3-8H,1-2H2. The zero-order valence-electron chi connectivity index (χ0n) is 7.68. The molecular weight excluding hydrogens is 176 g/mol. The second kappa shape index (κ2) is 2.67. The summed E-state index contributed by atoms with van der Waals surface area (Å²) in [7, 11) is 0. The van der Waals surface area contributed by atoms with E-state index in [0.717, 1.165) is 11.8 Å². The van der Waals surface area contributed by atoms with E-state index in [1.807, 2.05) is 10.5 Å². The fourth-order valence-electron chi connectivity index (χ4n) is 1.82. The Morgan fingerprint density at radius 3 is 3.00 bits per heavy atom. The monoisotopic (exact) mass is 186 g/mol. The van der Waals surface area contributed by atoms with Gasteiger partial charge in [0.15, 0.2) is 6.29 Å². The number of imidazole rings is 1. The van der Waals surface area contributed by atoms with Crippen molar-refractivity contribution in [2.75, 3.05) is 0 Å². The summed E-state index contributed by atoms with van der Waals surface area (Å²) in [5.74, 6) is 0.675. The van der Waals surface area contributed by atoms with Crippen LogP contribution in [0.2, 0.25) is 0 Å². The number of rotatable bonds is 2. The quantitative estimate of drug-likeness (QED) is 0.672. The van der Waals surface area contributed by atoms with Crippen LogP contribution in [0.3, 0.4) is 0 Å². The Kier molecular flexibility index (Phi) is 1.48. The third-order valence-electron chi connectivity index (χ3n) is 2.74. The van der Waals surface area contributed by atoms with Gasteiger partial charge in [-0.05, 0) is 36.5 Å². The predicted octanol–water partition coefficient (Wildman–Crippen LogP) is 2.02. The molecule has 0 aromatic carbocycles. The van der Waals surface area contributed by atoms with Crippen LogP contribution in [-0.2, 0) is 0 Å². The molecule has 0 saturated heterocycles. The average Bonchev–Trinajstić information content (AvgIpc) is 2.95. The third-order valence-corrected chi connectivity index (χ3v) is 2.74. The van der Waals surface area contributed by atoms with Gasteiger partial charge in [-0.1, -0.05) is 0 Å². The Bertz CT molecular complexity index is 497. The highest BCUT2D eigenvalue weighted by atomic mass is 16.1. The number of pyridine rings is 1. The molecule has 0 unspecified atom stereocenters. The number of nitrogens with zero attached hydrogens (tertiary/aromatic N) is 2. The van der Waals surface area contributed by atoms with Crippen LogP contribution >= 0.6 is 0 Å². The van der Waals surface area contributed by atoms with Gasteiger partial charge in [-0.3, -0.25) is 9.20 Å². The summed E-state index contributed by atoms with van der Waals surface area (Å²) >= 11 is 0. The summed E-state index contributed by atoms with van der Waals surface area (Å²) in [6.07, 6.45) is 6.86. The molecule has 0 atom stereocenters. The SMILES string of the molecule is O=Cc1cc(C2CC2)cc2cncn12. The Morgan fingerprint density at radius 1 is 1.43 bits per heavy atom. The van der Waals surface area contributed by atoms with Crippen molar-refractivity contribution in [3.8, 4) is 0 Å². The van der Waals surface area contributed by atoms with Crippen molar-refractivity contribution in [3.63, 3.8) is 0 Å². The maximum absolute atomic E-state index is 10.9. The van der Waals surface area contributed by atoms with Crippen molar-refractivity contribution in [2.45, 2.75) is 18.8 Å². The molecule has 3 rings (SSSR count). The molecule has 2 heterocycles. The summed E-state index contributed by atoms with van der Waals surface area (Å²) < 4.78 is 1.82. The lowest BCUT2D eigenvalue weighted by Gasteiger charge is -2.02. The minimum absolute atomic E-state index is 0.675. The second-order valence-electron chi connectivity index (χ2n) is 3.79. The van der Waals surface area contributed by atoms with E-state index in [1.54, 1.807) is 12.5 Å². The van der Waals surface area contributed by atoms with Crippen molar-refractivity contribution >= 4 is 11.8 Å². The fraction of sp³-hybridized carbons (Fsp3) is 0.273. The molecule has 3 heteroatoms. The van der Waals surface area contributed by atoms with Crippen molar-refractivity contribution < 1.29 is 4.79 Å². The lowest BCUT2D eigenvalue weighted by atomic mass is 10.1. The van der Waals surface area contributed by atoms with Crippen LogP contribution in [0.4, 0.5) is 0 Å².